The van der Waals surface area contributed by atoms with Gasteiger partial charge in [-0.2, -0.15) is 0 Å². The molecule has 2 aliphatic heterocycles. The molecule has 0 fully saturated rings. The van der Waals surface area contributed by atoms with E-state index in [-0.39, 0.29) is 11.1 Å². The molecule has 0 bridgehead atoms. The summed E-state index contributed by atoms with van der Waals surface area (Å²) in [7, 11) is 3.40. The molecule has 0 saturated carbocycles. The molecule has 4 heteroatoms. The third-order valence-corrected chi connectivity index (χ3v) is 5.26. The largest absolute Gasteiger partial charge is 0.497 e. The van der Waals surface area contributed by atoms with Crippen LogP contribution in [0.25, 0.3) is 0 Å². The maximum absolute atomic E-state index is 6.26. The quantitative estimate of drug-likeness (QED) is 0.799. The maximum Gasteiger partial charge on any atom is 0.166 e. The first-order valence-corrected chi connectivity index (χ1v) is 9.39. The van der Waals surface area contributed by atoms with Crippen molar-refractivity contribution in [1.29, 1.82) is 0 Å². The number of hydrogen-bond acceptors (Lipinski definition) is 4. The van der Waals surface area contributed by atoms with Crippen LogP contribution in [0.4, 0.5) is 0 Å². The van der Waals surface area contributed by atoms with Crippen molar-refractivity contribution < 1.29 is 14.2 Å². The molecule has 2 heterocycles. The third kappa shape index (κ3) is 3.07. The zero-order valence-corrected chi connectivity index (χ0v) is 17.0. The van der Waals surface area contributed by atoms with Crippen molar-refractivity contribution in [2.24, 2.45) is 4.99 Å². The molecule has 2 aliphatic rings. The van der Waals surface area contributed by atoms with E-state index in [9.17, 15) is 0 Å². The van der Waals surface area contributed by atoms with Crippen LogP contribution in [0.5, 0.6) is 17.2 Å². The molecule has 0 atom stereocenters. The Morgan fingerprint density at radius 1 is 0.963 bits per heavy atom. The molecule has 4 rings (SSSR count). The summed E-state index contributed by atoms with van der Waals surface area (Å²) < 4.78 is 17.3. The highest BCUT2D eigenvalue weighted by atomic mass is 16.5. The van der Waals surface area contributed by atoms with Crippen molar-refractivity contribution in [3.63, 3.8) is 0 Å². The van der Waals surface area contributed by atoms with E-state index < -0.39 is 0 Å². The zero-order chi connectivity index (χ0) is 19.4. The molecule has 2 aromatic rings. The summed E-state index contributed by atoms with van der Waals surface area (Å²) in [5, 5.41) is 0. The summed E-state index contributed by atoms with van der Waals surface area (Å²) in [5.74, 6) is 2.53. The minimum atomic E-state index is -0.247. The van der Waals surface area contributed by atoms with Crippen molar-refractivity contribution in [2.45, 2.75) is 51.7 Å². The molecule has 142 valence electrons. The predicted octanol–water partition coefficient (Wildman–Crippen LogP) is 4.59. The van der Waals surface area contributed by atoms with Gasteiger partial charge in [0.25, 0.3) is 0 Å². The molecule has 0 amide bonds. The molecule has 0 aliphatic carbocycles. The Bertz CT molecular complexity index is 924. The molecule has 4 nitrogen and oxygen atoms in total. The fourth-order valence-electron chi connectivity index (χ4n) is 4.18. The highest BCUT2D eigenvalue weighted by molar-refractivity contribution is 6.16. The normalized spacial score (nSPS) is 18.8. The summed E-state index contributed by atoms with van der Waals surface area (Å²) in [6.45, 7) is 8.60. The molecule has 0 spiro atoms. The van der Waals surface area contributed by atoms with Gasteiger partial charge >= 0.3 is 0 Å². The number of nitrogens with zero attached hydrogens (tertiary/aromatic N) is 1. The van der Waals surface area contributed by atoms with Gasteiger partial charge in [-0.25, -0.2) is 0 Å². The van der Waals surface area contributed by atoms with E-state index in [2.05, 4.69) is 45.9 Å². The summed E-state index contributed by atoms with van der Waals surface area (Å²) in [4.78, 5) is 5.14. The third-order valence-electron chi connectivity index (χ3n) is 5.26. The number of ether oxygens (including phenoxy) is 3. The van der Waals surface area contributed by atoms with Crippen LogP contribution in [0.1, 0.15) is 49.9 Å². The van der Waals surface area contributed by atoms with Crippen LogP contribution in [-0.4, -0.2) is 31.1 Å². The van der Waals surface area contributed by atoms with Gasteiger partial charge in [0, 0.05) is 23.1 Å². The van der Waals surface area contributed by atoms with E-state index in [0.29, 0.717) is 0 Å². The average molecular weight is 365 g/mol. The van der Waals surface area contributed by atoms with Crippen LogP contribution in [0.15, 0.2) is 35.3 Å². The van der Waals surface area contributed by atoms with Crippen molar-refractivity contribution in [2.75, 3.05) is 14.2 Å². The molecule has 0 aromatic heterocycles. The number of rotatable bonds is 3. The van der Waals surface area contributed by atoms with Gasteiger partial charge in [0.1, 0.15) is 11.4 Å². The lowest BCUT2D eigenvalue weighted by atomic mass is 9.81. The van der Waals surface area contributed by atoms with E-state index in [0.717, 1.165) is 41.4 Å². The molecule has 27 heavy (non-hydrogen) atoms. The van der Waals surface area contributed by atoms with Gasteiger partial charge in [0.05, 0.1) is 25.5 Å². The molecular formula is C23H27NO3. The van der Waals surface area contributed by atoms with Gasteiger partial charge in [-0.1, -0.05) is 0 Å². The molecular weight excluding hydrogens is 338 g/mol. The summed E-state index contributed by atoms with van der Waals surface area (Å²) >= 11 is 0. The van der Waals surface area contributed by atoms with Crippen LogP contribution in [0.2, 0.25) is 0 Å². The van der Waals surface area contributed by atoms with E-state index in [1.165, 1.54) is 16.7 Å². The Balaban J connectivity index is 1.95. The average Bonchev–Trinajstić information content (AvgIpc) is 2.94. The minimum Gasteiger partial charge on any atom is -0.497 e. The first-order valence-electron chi connectivity index (χ1n) is 9.39. The van der Waals surface area contributed by atoms with Crippen LogP contribution in [-0.2, 0) is 12.8 Å². The summed E-state index contributed by atoms with van der Waals surface area (Å²) in [6, 6.07) is 10.3. The first-order chi connectivity index (χ1) is 12.7. The van der Waals surface area contributed by atoms with Gasteiger partial charge in [0.2, 0.25) is 0 Å². The molecule has 2 aromatic carbocycles. The topological polar surface area (TPSA) is 40.0 Å². The van der Waals surface area contributed by atoms with Gasteiger partial charge in [0.15, 0.2) is 11.5 Å². The van der Waals surface area contributed by atoms with Crippen LogP contribution >= 0.6 is 0 Å². The number of aliphatic imine (C=N–C) groups is 1. The highest BCUT2D eigenvalue weighted by Crippen LogP contribution is 2.47. The molecule has 0 unspecified atom stereocenters. The second kappa shape index (κ2) is 6.01. The standard InChI is InChI=1S/C23H27NO3/c1-22(2)12-15-11-18(26-6)21-17(13-23(3,4)27-21)19(15)20(24-22)14-7-9-16(25-5)10-8-14/h7-11H,12-13H2,1-6H3. The lowest BCUT2D eigenvalue weighted by Gasteiger charge is -2.31. The van der Waals surface area contributed by atoms with Crippen molar-refractivity contribution in [3.05, 3.63) is 52.6 Å². The number of fused-ring (bicyclic) bond motifs is 3. The first kappa shape index (κ1) is 17.9. The van der Waals surface area contributed by atoms with Crippen LogP contribution in [0, 0.1) is 0 Å². The minimum absolute atomic E-state index is 0.170. The Kier molecular flexibility index (Phi) is 3.99. The fraction of sp³-hybridized carbons (Fsp3) is 0.435. The highest BCUT2D eigenvalue weighted by Gasteiger charge is 2.39. The number of hydrogen-bond donors (Lipinski definition) is 0. The van der Waals surface area contributed by atoms with E-state index in [1.807, 2.05) is 12.1 Å². The number of methoxy groups -OCH3 is 2. The molecule has 0 radical (unpaired) electrons. The Hall–Kier alpha value is -2.49. The Labute approximate surface area is 161 Å². The van der Waals surface area contributed by atoms with Gasteiger partial charge in [-0.3, -0.25) is 4.99 Å². The molecule has 0 N–H and O–H groups in total. The Morgan fingerprint density at radius 3 is 2.30 bits per heavy atom. The second-order valence-electron chi connectivity index (χ2n) is 8.64. The summed E-state index contributed by atoms with van der Waals surface area (Å²) in [6.07, 6.45) is 1.73. The smallest absolute Gasteiger partial charge is 0.166 e. The van der Waals surface area contributed by atoms with Crippen molar-refractivity contribution >= 4 is 5.71 Å². The number of benzene rings is 2. The Morgan fingerprint density at radius 2 is 1.67 bits per heavy atom. The monoisotopic (exact) mass is 365 g/mol. The molecule has 0 saturated heterocycles. The van der Waals surface area contributed by atoms with Crippen molar-refractivity contribution in [1.82, 2.24) is 0 Å². The van der Waals surface area contributed by atoms with Gasteiger partial charge in [-0.15, -0.1) is 0 Å². The van der Waals surface area contributed by atoms with Crippen molar-refractivity contribution in [3.8, 4) is 17.2 Å². The second-order valence-corrected chi connectivity index (χ2v) is 8.64. The van der Waals surface area contributed by atoms with E-state index in [1.54, 1.807) is 14.2 Å². The lowest BCUT2D eigenvalue weighted by molar-refractivity contribution is 0.134. The van der Waals surface area contributed by atoms with E-state index >= 15 is 0 Å². The predicted molar refractivity (Wildman–Crippen MR) is 108 cm³/mol. The summed E-state index contributed by atoms with van der Waals surface area (Å²) in [5.41, 5.74) is 5.41. The van der Waals surface area contributed by atoms with Gasteiger partial charge in [-0.05, 0) is 70.0 Å². The SMILES string of the molecule is COc1ccc(C2=NC(C)(C)Cc3cc(OC)c4c(c32)CC(C)(C)O4)cc1. The maximum atomic E-state index is 6.26. The fourth-order valence-corrected chi connectivity index (χ4v) is 4.18. The zero-order valence-electron chi connectivity index (χ0n) is 17.0. The van der Waals surface area contributed by atoms with Gasteiger partial charge < -0.3 is 14.2 Å². The van der Waals surface area contributed by atoms with Crippen LogP contribution < -0.4 is 14.2 Å². The lowest BCUT2D eigenvalue weighted by Crippen LogP contribution is -2.30. The van der Waals surface area contributed by atoms with Crippen LogP contribution in [0.3, 0.4) is 0 Å². The van der Waals surface area contributed by atoms with E-state index in [4.69, 9.17) is 19.2 Å².